The second-order valence-corrected chi connectivity index (χ2v) is 7.70. The molecule has 2 heterocycles. The van der Waals surface area contributed by atoms with Crippen molar-refractivity contribution in [3.05, 3.63) is 89.0 Å². The van der Waals surface area contributed by atoms with Crippen LogP contribution in [0.3, 0.4) is 0 Å². The molecule has 0 fully saturated rings. The summed E-state index contributed by atoms with van der Waals surface area (Å²) in [5, 5.41) is 12.3. The van der Waals surface area contributed by atoms with Crippen LogP contribution in [0.5, 0.6) is 11.5 Å². The number of carbonyl (C=O) groups excluding carboxylic acids is 2. The van der Waals surface area contributed by atoms with Crippen molar-refractivity contribution in [1.29, 1.82) is 0 Å². The number of carboxylic acid groups (broad SMARTS) is 1. The topological polar surface area (TPSA) is 101 Å². The fourth-order valence-corrected chi connectivity index (χ4v) is 4.17. The minimum absolute atomic E-state index is 0. The van der Waals surface area contributed by atoms with Crippen LogP contribution >= 0.6 is 11.7 Å². The van der Waals surface area contributed by atoms with E-state index in [2.05, 4.69) is 8.75 Å². The van der Waals surface area contributed by atoms with Gasteiger partial charge in [-0.2, -0.15) is 8.75 Å². The molecule has 1 aliphatic heterocycles. The number of benzene rings is 3. The second kappa shape index (κ2) is 9.84. The zero-order valence-electron chi connectivity index (χ0n) is 17.6. The maximum absolute atomic E-state index is 13.5. The molecule has 0 atom stereocenters. The summed E-state index contributed by atoms with van der Waals surface area (Å²) in [6.07, 6.45) is 0.0705. The van der Waals surface area contributed by atoms with Crippen molar-refractivity contribution in [3.63, 3.8) is 0 Å². The van der Waals surface area contributed by atoms with Crippen molar-refractivity contribution in [3.8, 4) is 11.5 Å². The van der Waals surface area contributed by atoms with Gasteiger partial charge >= 0.3 is 29.6 Å². The molecule has 33 heavy (non-hydrogen) atoms. The van der Waals surface area contributed by atoms with Gasteiger partial charge in [0.1, 0.15) is 11.0 Å². The summed E-state index contributed by atoms with van der Waals surface area (Å²) in [6.45, 7) is 0.121. The second-order valence-electron chi connectivity index (χ2n) is 7.17. The molecule has 7 nitrogen and oxygen atoms in total. The molecule has 5 rings (SSSR count). The average molecular weight is 466 g/mol. The van der Waals surface area contributed by atoms with Crippen LogP contribution in [0.15, 0.2) is 72.3 Å². The van der Waals surface area contributed by atoms with E-state index in [0.29, 0.717) is 39.2 Å². The molecule has 0 N–H and O–H groups in total. The largest absolute Gasteiger partial charge is 1.00 e. The van der Waals surface area contributed by atoms with Crippen LogP contribution in [0.2, 0.25) is 0 Å². The molecule has 0 unspecified atom stereocenters. The molecular formula is C24H15N2NaO5S. The summed E-state index contributed by atoms with van der Waals surface area (Å²) < 4.78 is 19.1. The SMILES string of the molecule is O=C([O-])C(=C(Cc1ccc2c(c1)OCO2)C(=O)c1ccccc1)c1ccc2nsnc2c1.[Na+]. The third-order valence-electron chi connectivity index (χ3n) is 5.18. The molecule has 0 amide bonds. The van der Waals surface area contributed by atoms with Gasteiger partial charge in [0.15, 0.2) is 17.3 Å². The van der Waals surface area contributed by atoms with Crippen LogP contribution in [-0.2, 0) is 11.2 Å². The molecule has 158 valence electrons. The van der Waals surface area contributed by atoms with E-state index in [1.807, 2.05) is 0 Å². The number of hydrogen-bond donors (Lipinski definition) is 0. The summed E-state index contributed by atoms with van der Waals surface area (Å²) in [7, 11) is 0. The first-order valence-corrected chi connectivity index (χ1v) is 10.5. The Kier molecular flexibility index (Phi) is 6.90. The number of ketones is 1. The van der Waals surface area contributed by atoms with E-state index >= 15 is 0 Å². The minimum atomic E-state index is -1.44. The zero-order valence-corrected chi connectivity index (χ0v) is 20.4. The summed E-state index contributed by atoms with van der Waals surface area (Å²) in [4.78, 5) is 25.8. The van der Waals surface area contributed by atoms with Gasteiger partial charge in [0, 0.05) is 23.1 Å². The third-order valence-corrected chi connectivity index (χ3v) is 5.73. The van der Waals surface area contributed by atoms with Crippen molar-refractivity contribution in [2.24, 2.45) is 0 Å². The number of allylic oxidation sites excluding steroid dienone is 1. The molecule has 4 aromatic rings. The van der Waals surface area contributed by atoms with Gasteiger partial charge in [0.25, 0.3) is 0 Å². The number of fused-ring (bicyclic) bond motifs is 2. The quantitative estimate of drug-likeness (QED) is 0.225. The molecule has 0 aliphatic carbocycles. The fraction of sp³-hybridized carbons (Fsp3) is 0.0833. The Morgan fingerprint density at radius 2 is 1.64 bits per heavy atom. The van der Waals surface area contributed by atoms with Gasteiger partial charge in [0.05, 0.1) is 17.7 Å². The number of carboxylic acids is 1. The van der Waals surface area contributed by atoms with Gasteiger partial charge in [-0.05, 0) is 35.4 Å². The molecule has 0 saturated heterocycles. The molecule has 3 aromatic carbocycles. The maximum Gasteiger partial charge on any atom is 1.00 e. The first-order valence-electron chi connectivity index (χ1n) is 9.75. The van der Waals surface area contributed by atoms with E-state index in [1.54, 1.807) is 66.7 Å². The van der Waals surface area contributed by atoms with Crippen molar-refractivity contribution in [2.45, 2.75) is 6.42 Å². The van der Waals surface area contributed by atoms with Crippen LogP contribution in [-0.4, -0.2) is 27.3 Å². The molecule has 1 aromatic heterocycles. The smallest absolute Gasteiger partial charge is 0.545 e. The number of aromatic nitrogens is 2. The van der Waals surface area contributed by atoms with Gasteiger partial charge < -0.3 is 19.4 Å². The van der Waals surface area contributed by atoms with Crippen LogP contribution in [0.4, 0.5) is 0 Å². The molecule has 0 bridgehead atoms. The summed E-state index contributed by atoms with van der Waals surface area (Å²) in [5.74, 6) is -0.666. The van der Waals surface area contributed by atoms with Crippen LogP contribution in [0.25, 0.3) is 16.6 Å². The number of rotatable bonds is 6. The predicted molar refractivity (Wildman–Crippen MR) is 116 cm³/mol. The first-order chi connectivity index (χ1) is 15.6. The Morgan fingerprint density at radius 1 is 0.879 bits per heavy atom. The minimum Gasteiger partial charge on any atom is -0.545 e. The Morgan fingerprint density at radius 3 is 2.42 bits per heavy atom. The number of hydrogen-bond acceptors (Lipinski definition) is 8. The van der Waals surface area contributed by atoms with Crippen molar-refractivity contribution < 1.29 is 53.7 Å². The van der Waals surface area contributed by atoms with Crippen molar-refractivity contribution in [2.75, 3.05) is 6.79 Å². The number of Topliss-reactive ketones (excluding diaryl/α,β-unsaturated/α-hetero) is 1. The standard InChI is InChI=1S/C24H16N2O5S.Na/c27-23(15-4-2-1-3-5-15)17(10-14-6-9-20-21(11-14)31-13-30-20)22(24(28)29)16-7-8-18-19(12-16)26-32-25-18;/h1-9,11-12H,10,13H2,(H,28,29);/q;+1/p-1. The van der Waals surface area contributed by atoms with E-state index in [0.717, 1.165) is 11.7 Å². The maximum atomic E-state index is 13.5. The molecule has 0 saturated carbocycles. The van der Waals surface area contributed by atoms with E-state index < -0.39 is 5.97 Å². The van der Waals surface area contributed by atoms with E-state index in [-0.39, 0.29) is 59.7 Å². The van der Waals surface area contributed by atoms with E-state index in [4.69, 9.17) is 9.47 Å². The number of carbonyl (C=O) groups is 2. The van der Waals surface area contributed by atoms with Gasteiger partial charge in [-0.15, -0.1) is 0 Å². The fourth-order valence-electron chi connectivity index (χ4n) is 3.65. The number of aliphatic carboxylic acids is 1. The van der Waals surface area contributed by atoms with E-state index in [9.17, 15) is 14.7 Å². The monoisotopic (exact) mass is 466 g/mol. The predicted octanol–water partition coefficient (Wildman–Crippen LogP) is 0.0531. The first kappa shape index (κ1) is 23.1. The average Bonchev–Trinajstić information content (AvgIpc) is 3.47. The Balaban J connectivity index is 0.00000259. The molecule has 0 spiro atoms. The summed E-state index contributed by atoms with van der Waals surface area (Å²) >= 11 is 1.04. The van der Waals surface area contributed by atoms with Crippen LogP contribution in [0.1, 0.15) is 21.5 Å². The Hall–Kier alpha value is -3.04. The summed E-state index contributed by atoms with van der Waals surface area (Å²) in [5.41, 5.74) is 2.58. The van der Waals surface area contributed by atoms with E-state index in [1.165, 1.54) is 0 Å². The van der Waals surface area contributed by atoms with Gasteiger partial charge in [-0.25, -0.2) is 0 Å². The normalized spacial score (nSPS) is 12.7. The van der Waals surface area contributed by atoms with Gasteiger partial charge in [-0.3, -0.25) is 4.79 Å². The summed E-state index contributed by atoms with van der Waals surface area (Å²) in [6, 6.07) is 18.8. The number of ether oxygens (including phenoxy) is 2. The molecule has 1 aliphatic rings. The molecular weight excluding hydrogens is 451 g/mol. The van der Waals surface area contributed by atoms with Gasteiger partial charge in [0.2, 0.25) is 6.79 Å². The van der Waals surface area contributed by atoms with Crippen LogP contribution in [0, 0.1) is 0 Å². The Labute approximate surface area is 215 Å². The zero-order chi connectivity index (χ0) is 22.1. The Bertz CT molecular complexity index is 1380. The van der Waals surface area contributed by atoms with Crippen molar-refractivity contribution >= 4 is 40.1 Å². The van der Waals surface area contributed by atoms with Gasteiger partial charge in [-0.1, -0.05) is 42.5 Å². The van der Waals surface area contributed by atoms with Crippen LogP contribution < -0.4 is 44.1 Å². The van der Waals surface area contributed by atoms with Crippen molar-refractivity contribution in [1.82, 2.24) is 8.75 Å². The molecule has 0 radical (unpaired) electrons. The number of nitrogens with zero attached hydrogens (tertiary/aromatic N) is 2. The third kappa shape index (κ3) is 4.69. The molecule has 9 heteroatoms.